The van der Waals surface area contributed by atoms with Crippen molar-refractivity contribution in [2.75, 3.05) is 0 Å². The molecule has 0 spiro atoms. The second-order valence-electron chi connectivity index (χ2n) is 3.97. The first kappa shape index (κ1) is 13.2. The summed E-state index contributed by atoms with van der Waals surface area (Å²) >= 11 is 0. The molecular weight excluding hydrogens is 259 g/mol. The molecule has 0 atom stereocenters. The molecule has 0 unspecified atom stereocenters. The van der Waals surface area contributed by atoms with Gasteiger partial charge in [0.2, 0.25) is 5.56 Å². The van der Waals surface area contributed by atoms with Gasteiger partial charge in [-0.25, -0.2) is 0 Å². The van der Waals surface area contributed by atoms with Crippen LogP contribution in [-0.2, 0) is 0 Å². The van der Waals surface area contributed by atoms with E-state index in [0.717, 1.165) is 0 Å². The van der Waals surface area contributed by atoms with Gasteiger partial charge in [-0.1, -0.05) is 6.07 Å². The third-order valence-electron chi connectivity index (χ3n) is 2.52. The highest BCUT2D eigenvalue weighted by molar-refractivity contribution is 5.67. The Hall–Kier alpha value is -2.24. The Morgan fingerprint density at radius 3 is 2.47 bits per heavy atom. The van der Waals surface area contributed by atoms with Gasteiger partial charge in [0, 0.05) is 12.3 Å². The molecule has 1 N–H and O–H groups in total. The molecule has 0 aliphatic carbocycles. The van der Waals surface area contributed by atoms with E-state index in [0.29, 0.717) is 16.7 Å². The highest BCUT2D eigenvalue weighted by atomic mass is 19.4. The number of alkyl halides is 3. The number of ether oxygens (including phenoxy) is 1. The van der Waals surface area contributed by atoms with Gasteiger partial charge in [-0.2, -0.15) is 0 Å². The van der Waals surface area contributed by atoms with Crippen molar-refractivity contribution >= 4 is 0 Å². The number of H-pyrrole nitrogens is 1. The van der Waals surface area contributed by atoms with Crippen LogP contribution in [0.3, 0.4) is 0 Å². The Bertz CT molecular complexity index is 647. The number of rotatable bonds is 2. The van der Waals surface area contributed by atoms with Crippen LogP contribution < -0.4 is 10.3 Å². The maximum atomic E-state index is 12.1. The first-order chi connectivity index (χ1) is 8.85. The van der Waals surface area contributed by atoms with Gasteiger partial charge in [0.05, 0.1) is 0 Å². The molecule has 0 bridgehead atoms. The largest absolute Gasteiger partial charge is 0.573 e. The van der Waals surface area contributed by atoms with Gasteiger partial charge in [0.25, 0.3) is 0 Å². The Morgan fingerprint density at radius 1 is 1.16 bits per heavy atom. The van der Waals surface area contributed by atoms with Crippen molar-refractivity contribution in [3.05, 3.63) is 52.4 Å². The molecule has 0 saturated carbocycles. The summed E-state index contributed by atoms with van der Waals surface area (Å²) in [6.45, 7) is 1.65. The van der Waals surface area contributed by atoms with Crippen molar-refractivity contribution in [3.63, 3.8) is 0 Å². The number of benzene rings is 1. The van der Waals surface area contributed by atoms with Crippen molar-refractivity contribution in [2.24, 2.45) is 0 Å². The molecule has 1 aromatic carbocycles. The Balaban J connectivity index is 2.37. The Kier molecular flexibility index (Phi) is 3.33. The molecule has 2 rings (SSSR count). The van der Waals surface area contributed by atoms with Crippen molar-refractivity contribution in [2.45, 2.75) is 13.3 Å². The quantitative estimate of drug-likeness (QED) is 0.909. The summed E-state index contributed by atoms with van der Waals surface area (Å²) in [4.78, 5) is 13.7. The van der Waals surface area contributed by atoms with E-state index in [4.69, 9.17) is 0 Å². The van der Waals surface area contributed by atoms with Gasteiger partial charge in [0.15, 0.2) is 0 Å². The molecule has 1 aromatic heterocycles. The predicted octanol–water partition coefficient (Wildman–Crippen LogP) is 3.25. The fourth-order valence-electron chi connectivity index (χ4n) is 1.77. The van der Waals surface area contributed by atoms with Crippen molar-refractivity contribution in [1.82, 2.24) is 4.98 Å². The van der Waals surface area contributed by atoms with E-state index in [1.807, 2.05) is 0 Å². The lowest BCUT2D eigenvalue weighted by Crippen LogP contribution is -2.17. The lowest BCUT2D eigenvalue weighted by Gasteiger charge is -2.11. The van der Waals surface area contributed by atoms with Crippen LogP contribution in [-0.4, -0.2) is 11.3 Å². The highest BCUT2D eigenvalue weighted by Gasteiger charge is 2.31. The van der Waals surface area contributed by atoms with E-state index in [9.17, 15) is 18.0 Å². The molecule has 0 aliphatic rings. The van der Waals surface area contributed by atoms with Crippen LogP contribution in [0.2, 0.25) is 0 Å². The van der Waals surface area contributed by atoms with Gasteiger partial charge in [0.1, 0.15) is 5.75 Å². The monoisotopic (exact) mass is 269 g/mol. The summed E-state index contributed by atoms with van der Waals surface area (Å²) in [6, 6.07) is 7.05. The molecule has 3 nitrogen and oxygen atoms in total. The van der Waals surface area contributed by atoms with Crippen LogP contribution in [0.4, 0.5) is 13.2 Å². The van der Waals surface area contributed by atoms with Crippen LogP contribution >= 0.6 is 0 Å². The summed E-state index contributed by atoms with van der Waals surface area (Å²) in [5.41, 5.74) is 1.64. The van der Waals surface area contributed by atoms with E-state index >= 15 is 0 Å². The zero-order valence-corrected chi connectivity index (χ0v) is 9.91. The number of aryl methyl sites for hydroxylation is 1. The molecule has 19 heavy (non-hydrogen) atoms. The van der Waals surface area contributed by atoms with E-state index in [1.54, 1.807) is 13.0 Å². The number of halogens is 3. The second-order valence-corrected chi connectivity index (χ2v) is 3.97. The average molecular weight is 269 g/mol. The number of aromatic nitrogens is 1. The lowest BCUT2D eigenvalue weighted by molar-refractivity contribution is -0.274. The molecule has 0 fully saturated rings. The summed E-state index contributed by atoms with van der Waals surface area (Å²) in [6.07, 6.45) is -3.23. The maximum absolute atomic E-state index is 12.1. The van der Waals surface area contributed by atoms with Crippen LogP contribution in [0, 0.1) is 6.92 Å². The molecule has 0 radical (unpaired) electrons. The topological polar surface area (TPSA) is 42.1 Å². The minimum atomic E-state index is -4.71. The van der Waals surface area contributed by atoms with Crippen molar-refractivity contribution in [3.8, 4) is 16.9 Å². The molecule has 2 aromatic rings. The Labute approximate surface area is 106 Å². The molecule has 0 amide bonds. The molecule has 6 heteroatoms. The summed E-state index contributed by atoms with van der Waals surface area (Å²) in [5, 5.41) is 0. The summed E-state index contributed by atoms with van der Waals surface area (Å²) < 4.78 is 40.1. The number of pyridine rings is 1. The second kappa shape index (κ2) is 4.79. The molecule has 0 aliphatic heterocycles. The van der Waals surface area contributed by atoms with Crippen LogP contribution in [0.25, 0.3) is 11.1 Å². The zero-order chi connectivity index (χ0) is 14.0. The van der Waals surface area contributed by atoms with Crippen LogP contribution in [0.15, 0.2) is 41.3 Å². The van der Waals surface area contributed by atoms with Crippen molar-refractivity contribution < 1.29 is 17.9 Å². The van der Waals surface area contributed by atoms with Gasteiger partial charge >= 0.3 is 6.36 Å². The fraction of sp³-hybridized carbons (Fsp3) is 0.154. The van der Waals surface area contributed by atoms with E-state index in [-0.39, 0.29) is 11.3 Å². The number of hydrogen-bond acceptors (Lipinski definition) is 2. The zero-order valence-electron chi connectivity index (χ0n) is 9.91. The molecule has 1 heterocycles. The van der Waals surface area contributed by atoms with Crippen molar-refractivity contribution in [1.29, 1.82) is 0 Å². The molecular formula is C13H10F3NO2. The molecule has 100 valence electrons. The normalized spacial score (nSPS) is 11.4. The third-order valence-corrected chi connectivity index (χ3v) is 2.52. The summed E-state index contributed by atoms with van der Waals surface area (Å²) in [7, 11) is 0. The maximum Gasteiger partial charge on any atom is 0.573 e. The van der Waals surface area contributed by atoms with Gasteiger partial charge in [-0.15, -0.1) is 13.2 Å². The smallest absolute Gasteiger partial charge is 0.406 e. The standard InChI is InChI=1S/C13H10F3NO2/c1-8-6-10(19-13(14,15)16)2-3-11(8)9-4-5-17-12(18)7-9/h2-7H,1H3,(H,17,18). The number of nitrogens with one attached hydrogen (secondary N) is 1. The van der Waals surface area contributed by atoms with Gasteiger partial charge in [-0.3, -0.25) is 4.79 Å². The minimum Gasteiger partial charge on any atom is -0.406 e. The van der Waals surface area contributed by atoms with E-state index < -0.39 is 6.36 Å². The van der Waals surface area contributed by atoms with E-state index in [1.165, 1.54) is 30.5 Å². The predicted molar refractivity (Wildman–Crippen MR) is 63.9 cm³/mol. The number of hydrogen-bond donors (Lipinski definition) is 1. The first-order valence-electron chi connectivity index (χ1n) is 5.41. The Morgan fingerprint density at radius 2 is 1.89 bits per heavy atom. The minimum absolute atomic E-state index is 0.271. The van der Waals surface area contributed by atoms with Crippen LogP contribution in [0.5, 0.6) is 5.75 Å². The first-order valence-corrected chi connectivity index (χ1v) is 5.41. The fourth-order valence-corrected chi connectivity index (χ4v) is 1.77. The summed E-state index contributed by atoms with van der Waals surface area (Å²) in [5.74, 6) is -0.279. The highest BCUT2D eigenvalue weighted by Crippen LogP contribution is 2.29. The molecule has 0 saturated heterocycles. The number of aromatic amines is 1. The third kappa shape index (κ3) is 3.37. The SMILES string of the molecule is Cc1cc(OC(F)(F)F)ccc1-c1cc[nH]c(=O)c1. The van der Waals surface area contributed by atoms with Gasteiger partial charge in [-0.05, 0) is 41.8 Å². The van der Waals surface area contributed by atoms with Gasteiger partial charge < -0.3 is 9.72 Å². The lowest BCUT2D eigenvalue weighted by atomic mass is 10.0. The van der Waals surface area contributed by atoms with Crippen LogP contribution in [0.1, 0.15) is 5.56 Å². The van der Waals surface area contributed by atoms with E-state index in [2.05, 4.69) is 9.72 Å². The average Bonchev–Trinajstić information content (AvgIpc) is 2.26.